The second kappa shape index (κ2) is 7.97. The summed E-state index contributed by atoms with van der Waals surface area (Å²) in [4.78, 5) is 11.8. The fraction of sp³-hybridized carbons (Fsp3) is 0.100. The molecule has 25 heavy (non-hydrogen) atoms. The van der Waals surface area contributed by atoms with Crippen LogP contribution in [0.15, 0.2) is 76.2 Å². The van der Waals surface area contributed by atoms with Crippen molar-refractivity contribution in [3.63, 3.8) is 0 Å². The third-order valence-electron chi connectivity index (χ3n) is 3.47. The Morgan fingerprint density at radius 2 is 1.84 bits per heavy atom. The van der Waals surface area contributed by atoms with Gasteiger partial charge in [0.15, 0.2) is 5.76 Å². The Labute approximate surface area is 145 Å². The number of nitrogens with one attached hydrogen (secondary N) is 1. The van der Waals surface area contributed by atoms with Gasteiger partial charge in [-0.2, -0.15) is 5.10 Å². The van der Waals surface area contributed by atoms with Crippen molar-refractivity contribution in [3.8, 4) is 5.75 Å². The SMILES string of the molecule is Cc1ccc(C(=O)N/N=C/c2ccc(OCc3ccccc3)cc2)o1. The first-order valence-corrected chi connectivity index (χ1v) is 7.87. The number of hydrogen-bond donors (Lipinski definition) is 1. The number of ether oxygens (including phenoxy) is 1. The molecule has 0 saturated carbocycles. The van der Waals surface area contributed by atoms with Crippen molar-refractivity contribution in [2.45, 2.75) is 13.5 Å². The third-order valence-corrected chi connectivity index (χ3v) is 3.47. The van der Waals surface area contributed by atoms with Crippen LogP contribution in [-0.2, 0) is 6.61 Å². The highest BCUT2D eigenvalue weighted by Crippen LogP contribution is 2.13. The van der Waals surface area contributed by atoms with Crippen LogP contribution in [0.25, 0.3) is 0 Å². The van der Waals surface area contributed by atoms with Crippen LogP contribution in [0.3, 0.4) is 0 Å². The fourth-order valence-electron chi connectivity index (χ4n) is 2.17. The number of furan rings is 1. The van der Waals surface area contributed by atoms with E-state index in [-0.39, 0.29) is 11.7 Å². The Morgan fingerprint density at radius 3 is 2.52 bits per heavy atom. The molecule has 1 aromatic heterocycles. The van der Waals surface area contributed by atoms with Gasteiger partial charge in [-0.25, -0.2) is 5.43 Å². The maximum absolute atomic E-state index is 11.8. The summed E-state index contributed by atoms with van der Waals surface area (Å²) in [5.74, 6) is 1.31. The zero-order chi connectivity index (χ0) is 17.5. The largest absolute Gasteiger partial charge is 0.489 e. The predicted molar refractivity (Wildman–Crippen MR) is 95.7 cm³/mol. The van der Waals surface area contributed by atoms with E-state index < -0.39 is 0 Å². The molecule has 0 atom stereocenters. The van der Waals surface area contributed by atoms with Gasteiger partial charge in [0.25, 0.3) is 0 Å². The molecule has 5 nitrogen and oxygen atoms in total. The molecule has 3 rings (SSSR count). The summed E-state index contributed by atoms with van der Waals surface area (Å²) in [5.41, 5.74) is 4.39. The number of amides is 1. The van der Waals surface area contributed by atoms with E-state index in [1.807, 2.05) is 54.6 Å². The zero-order valence-corrected chi connectivity index (χ0v) is 13.8. The molecular formula is C20H18N2O3. The number of aryl methyl sites for hydroxylation is 1. The number of nitrogens with zero attached hydrogens (tertiary/aromatic N) is 1. The summed E-state index contributed by atoms with van der Waals surface area (Å²) in [6.07, 6.45) is 1.56. The van der Waals surface area contributed by atoms with Gasteiger partial charge < -0.3 is 9.15 Å². The highest BCUT2D eigenvalue weighted by atomic mass is 16.5. The van der Waals surface area contributed by atoms with Gasteiger partial charge in [0.05, 0.1) is 6.21 Å². The average Bonchev–Trinajstić information content (AvgIpc) is 3.08. The molecule has 0 radical (unpaired) electrons. The van der Waals surface area contributed by atoms with Crippen molar-refractivity contribution >= 4 is 12.1 Å². The van der Waals surface area contributed by atoms with Crippen molar-refractivity contribution in [3.05, 3.63) is 89.4 Å². The number of hydrazone groups is 1. The number of carbonyl (C=O) groups is 1. The molecule has 0 bridgehead atoms. The van der Waals surface area contributed by atoms with Crippen molar-refractivity contribution in [2.75, 3.05) is 0 Å². The van der Waals surface area contributed by atoms with Crippen LogP contribution in [0.5, 0.6) is 5.75 Å². The van der Waals surface area contributed by atoms with Gasteiger partial charge in [-0.3, -0.25) is 4.79 Å². The molecule has 0 unspecified atom stereocenters. The summed E-state index contributed by atoms with van der Waals surface area (Å²) in [7, 11) is 0. The Balaban J connectivity index is 1.51. The van der Waals surface area contributed by atoms with E-state index in [4.69, 9.17) is 9.15 Å². The van der Waals surface area contributed by atoms with Gasteiger partial charge >= 0.3 is 5.91 Å². The van der Waals surface area contributed by atoms with Crippen LogP contribution in [0, 0.1) is 6.92 Å². The standard InChI is InChI=1S/C20H18N2O3/c1-15-7-12-19(25-15)20(23)22-21-13-16-8-10-18(11-9-16)24-14-17-5-3-2-4-6-17/h2-13H,14H2,1H3,(H,22,23)/b21-13+. The molecule has 2 aromatic carbocycles. The van der Waals surface area contributed by atoms with E-state index in [0.717, 1.165) is 16.9 Å². The van der Waals surface area contributed by atoms with Gasteiger partial charge in [-0.1, -0.05) is 30.3 Å². The smallest absolute Gasteiger partial charge is 0.307 e. The first-order chi connectivity index (χ1) is 12.2. The van der Waals surface area contributed by atoms with E-state index in [1.54, 1.807) is 25.3 Å². The minimum absolute atomic E-state index is 0.235. The lowest BCUT2D eigenvalue weighted by atomic mass is 10.2. The highest BCUT2D eigenvalue weighted by Gasteiger charge is 2.07. The molecule has 0 aliphatic heterocycles. The summed E-state index contributed by atoms with van der Waals surface area (Å²) >= 11 is 0. The summed E-state index contributed by atoms with van der Waals surface area (Å²) < 4.78 is 10.9. The predicted octanol–water partition coefficient (Wildman–Crippen LogP) is 3.93. The zero-order valence-electron chi connectivity index (χ0n) is 13.8. The van der Waals surface area contributed by atoms with Crippen molar-refractivity contribution in [1.82, 2.24) is 5.43 Å². The lowest BCUT2D eigenvalue weighted by molar-refractivity contribution is 0.0926. The number of hydrogen-bond acceptors (Lipinski definition) is 4. The molecule has 0 aliphatic rings. The van der Waals surface area contributed by atoms with E-state index >= 15 is 0 Å². The minimum atomic E-state index is -0.382. The van der Waals surface area contributed by atoms with Crippen LogP contribution in [0.1, 0.15) is 27.4 Å². The Kier molecular flexibility index (Phi) is 5.26. The Hall–Kier alpha value is -3.34. The molecule has 0 aliphatic carbocycles. The van der Waals surface area contributed by atoms with E-state index in [2.05, 4.69) is 10.5 Å². The van der Waals surface area contributed by atoms with Crippen LogP contribution < -0.4 is 10.2 Å². The molecule has 3 aromatic rings. The molecular weight excluding hydrogens is 316 g/mol. The molecule has 5 heteroatoms. The Bertz CT molecular complexity index is 852. The summed E-state index contributed by atoms with van der Waals surface area (Å²) in [6.45, 7) is 2.30. The maximum atomic E-state index is 11.8. The van der Waals surface area contributed by atoms with Crippen molar-refractivity contribution in [2.24, 2.45) is 5.10 Å². The van der Waals surface area contributed by atoms with Gasteiger partial charge in [0, 0.05) is 0 Å². The quantitative estimate of drug-likeness (QED) is 0.549. The summed E-state index contributed by atoms with van der Waals surface area (Å²) in [6, 6.07) is 20.8. The first kappa shape index (κ1) is 16.5. The monoisotopic (exact) mass is 334 g/mol. The first-order valence-electron chi connectivity index (χ1n) is 7.87. The molecule has 1 heterocycles. The van der Waals surface area contributed by atoms with Crippen molar-refractivity contribution < 1.29 is 13.9 Å². The minimum Gasteiger partial charge on any atom is -0.489 e. The normalized spacial score (nSPS) is 10.8. The number of benzene rings is 2. The molecule has 126 valence electrons. The van der Waals surface area contributed by atoms with Gasteiger partial charge in [0.2, 0.25) is 0 Å². The third kappa shape index (κ3) is 4.81. The van der Waals surface area contributed by atoms with Crippen molar-refractivity contribution in [1.29, 1.82) is 0 Å². The van der Waals surface area contributed by atoms with Gasteiger partial charge in [-0.15, -0.1) is 0 Å². The van der Waals surface area contributed by atoms with Crippen LogP contribution in [0.4, 0.5) is 0 Å². The Morgan fingerprint density at radius 1 is 1.08 bits per heavy atom. The average molecular weight is 334 g/mol. The molecule has 0 fully saturated rings. The van der Waals surface area contributed by atoms with Crippen LogP contribution in [0.2, 0.25) is 0 Å². The summed E-state index contributed by atoms with van der Waals surface area (Å²) in [5, 5.41) is 3.93. The highest BCUT2D eigenvalue weighted by molar-refractivity contribution is 5.92. The molecule has 1 amide bonds. The number of rotatable bonds is 6. The van der Waals surface area contributed by atoms with Crippen LogP contribution in [-0.4, -0.2) is 12.1 Å². The lowest BCUT2D eigenvalue weighted by Gasteiger charge is -2.06. The van der Waals surface area contributed by atoms with Gasteiger partial charge in [0.1, 0.15) is 18.1 Å². The molecule has 1 N–H and O–H groups in total. The second-order valence-electron chi connectivity index (χ2n) is 5.45. The fourth-order valence-corrected chi connectivity index (χ4v) is 2.17. The molecule has 0 spiro atoms. The second-order valence-corrected chi connectivity index (χ2v) is 5.45. The molecule has 0 saturated heterocycles. The van der Waals surface area contributed by atoms with Gasteiger partial charge in [-0.05, 0) is 54.4 Å². The topological polar surface area (TPSA) is 63.8 Å². The number of carbonyl (C=O) groups excluding carboxylic acids is 1. The maximum Gasteiger partial charge on any atom is 0.307 e. The van der Waals surface area contributed by atoms with Crippen LogP contribution >= 0.6 is 0 Å². The van der Waals surface area contributed by atoms with E-state index in [9.17, 15) is 4.79 Å². The lowest BCUT2D eigenvalue weighted by Crippen LogP contribution is -2.16. The van der Waals surface area contributed by atoms with E-state index in [1.165, 1.54) is 0 Å². The van der Waals surface area contributed by atoms with E-state index in [0.29, 0.717) is 12.4 Å².